The highest BCUT2D eigenvalue weighted by Gasteiger charge is 2.08. The molecule has 0 aliphatic heterocycles. The lowest BCUT2D eigenvalue weighted by molar-refractivity contribution is 1.02. The summed E-state index contributed by atoms with van der Waals surface area (Å²) < 4.78 is 2.05. The highest BCUT2D eigenvalue weighted by Crippen LogP contribution is 2.23. The molecule has 0 radical (unpaired) electrons. The van der Waals surface area contributed by atoms with Crippen molar-refractivity contribution in [3.63, 3.8) is 0 Å². The van der Waals surface area contributed by atoms with Crippen LogP contribution in [0.1, 0.15) is 0 Å². The van der Waals surface area contributed by atoms with Crippen LogP contribution in [0.4, 0.5) is 0 Å². The third-order valence-electron chi connectivity index (χ3n) is 3.24. The maximum absolute atomic E-state index is 4.42. The molecule has 90 valence electrons. The quantitative estimate of drug-likeness (QED) is 0.518. The molecule has 0 bridgehead atoms. The van der Waals surface area contributed by atoms with Crippen LogP contribution in [0.5, 0.6) is 0 Å². The van der Waals surface area contributed by atoms with Gasteiger partial charge in [-0.05, 0) is 18.2 Å². The molecule has 2 heterocycles. The smallest absolute Gasteiger partial charge is 0.100 e. The van der Waals surface area contributed by atoms with Crippen LogP contribution >= 0.6 is 0 Å². The molecule has 0 unspecified atom stereocenters. The zero-order chi connectivity index (χ0) is 12.7. The summed E-state index contributed by atoms with van der Waals surface area (Å²) in [7, 11) is 0. The molecule has 0 fully saturated rings. The number of hydrogen-bond acceptors (Lipinski definition) is 3. The van der Waals surface area contributed by atoms with Crippen LogP contribution < -0.4 is 0 Å². The number of benzene rings is 2. The molecule has 0 aliphatic carbocycles. The van der Waals surface area contributed by atoms with Crippen molar-refractivity contribution in [3.05, 3.63) is 61.1 Å². The number of rotatable bonds is 1. The van der Waals surface area contributed by atoms with Gasteiger partial charge in [0.2, 0.25) is 0 Å². The lowest BCUT2D eigenvalue weighted by Crippen LogP contribution is -1.96. The van der Waals surface area contributed by atoms with Gasteiger partial charge in [-0.25, -0.2) is 4.98 Å². The first kappa shape index (κ1) is 10.2. The Labute approximate surface area is 109 Å². The predicted octanol–water partition coefficient (Wildman–Crippen LogP) is 2.97. The van der Waals surface area contributed by atoms with E-state index in [0.29, 0.717) is 0 Å². The van der Waals surface area contributed by atoms with E-state index >= 15 is 0 Å². The van der Waals surface area contributed by atoms with Gasteiger partial charge in [-0.3, -0.25) is 4.57 Å². The largest absolute Gasteiger partial charge is 0.297 e. The summed E-state index contributed by atoms with van der Waals surface area (Å²) in [5.74, 6) is 0. The zero-order valence-electron chi connectivity index (χ0n) is 10.1. The number of imidazole rings is 1. The zero-order valence-corrected chi connectivity index (χ0v) is 10.1. The first-order valence-corrected chi connectivity index (χ1v) is 6.06. The Morgan fingerprint density at radius 1 is 0.842 bits per heavy atom. The average Bonchev–Trinajstić information content (AvgIpc) is 2.90. The fourth-order valence-electron chi connectivity index (χ4n) is 2.34. The Hall–Kier alpha value is -2.75. The first-order valence-electron chi connectivity index (χ1n) is 6.06. The second kappa shape index (κ2) is 3.88. The molecule has 0 atom stereocenters. The van der Waals surface area contributed by atoms with Crippen molar-refractivity contribution in [1.82, 2.24) is 19.7 Å². The molecule has 0 N–H and O–H groups in total. The van der Waals surface area contributed by atoms with E-state index in [1.807, 2.05) is 53.4 Å². The van der Waals surface area contributed by atoms with Crippen molar-refractivity contribution >= 4 is 21.9 Å². The van der Waals surface area contributed by atoms with E-state index < -0.39 is 0 Å². The monoisotopic (exact) mass is 246 g/mol. The Balaban J connectivity index is 2.10. The molecule has 0 spiro atoms. The van der Waals surface area contributed by atoms with E-state index in [9.17, 15) is 0 Å². The highest BCUT2D eigenvalue weighted by molar-refractivity contribution is 5.89. The third kappa shape index (κ3) is 1.50. The first-order chi connectivity index (χ1) is 9.43. The van der Waals surface area contributed by atoms with Crippen molar-refractivity contribution in [3.8, 4) is 5.69 Å². The summed E-state index contributed by atoms with van der Waals surface area (Å²) in [6, 6.07) is 16.0. The van der Waals surface area contributed by atoms with Gasteiger partial charge in [0.05, 0.1) is 28.4 Å². The van der Waals surface area contributed by atoms with Gasteiger partial charge < -0.3 is 0 Å². The van der Waals surface area contributed by atoms with Crippen LogP contribution in [-0.2, 0) is 0 Å². The van der Waals surface area contributed by atoms with Crippen molar-refractivity contribution in [2.24, 2.45) is 0 Å². The van der Waals surface area contributed by atoms with Crippen LogP contribution in [0.3, 0.4) is 0 Å². The fourth-order valence-corrected chi connectivity index (χ4v) is 2.34. The minimum absolute atomic E-state index is 0.887. The number of fused-ring (bicyclic) bond motifs is 2. The topological polar surface area (TPSA) is 43.6 Å². The summed E-state index contributed by atoms with van der Waals surface area (Å²) in [6.07, 6.45) is 3.60. The van der Waals surface area contributed by atoms with E-state index in [4.69, 9.17) is 0 Å². The fraction of sp³-hybridized carbons (Fsp3) is 0. The maximum atomic E-state index is 4.42. The van der Waals surface area contributed by atoms with Crippen molar-refractivity contribution < 1.29 is 0 Å². The molecule has 0 saturated carbocycles. The summed E-state index contributed by atoms with van der Waals surface area (Å²) >= 11 is 0. The van der Waals surface area contributed by atoms with E-state index in [-0.39, 0.29) is 0 Å². The number of nitrogens with zero attached hydrogens (tertiary/aromatic N) is 4. The van der Waals surface area contributed by atoms with E-state index in [0.717, 1.165) is 27.6 Å². The van der Waals surface area contributed by atoms with Gasteiger partial charge in [0, 0.05) is 5.39 Å². The van der Waals surface area contributed by atoms with E-state index in [1.165, 1.54) is 0 Å². The minimum Gasteiger partial charge on any atom is -0.297 e. The second-order valence-electron chi connectivity index (χ2n) is 4.35. The van der Waals surface area contributed by atoms with Gasteiger partial charge in [0.15, 0.2) is 0 Å². The molecule has 0 amide bonds. The molecule has 4 heteroatoms. The maximum Gasteiger partial charge on any atom is 0.100 e. The molecule has 2 aromatic heterocycles. The van der Waals surface area contributed by atoms with Gasteiger partial charge in [0.1, 0.15) is 6.33 Å². The molecule has 4 rings (SSSR count). The summed E-state index contributed by atoms with van der Waals surface area (Å²) in [5.41, 5.74) is 3.93. The van der Waals surface area contributed by atoms with Crippen molar-refractivity contribution in [2.45, 2.75) is 0 Å². The Morgan fingerprint density at radius 2 is 1.63 bits per heavy atom. The standard InChI is InChI=1S/C15H10N4/c1-2-6-12-11(5-1)15(9-17-18-12)19-10-16-13-7-3-4-8-14(13)19/h1-10H. The van der Waals surface area contributed by atoms with E-state index in [2.05, 4.69) is 21.2 Å². The van der Waals surface area contributed by atoms with Crippen LogP contribution in [0.15, 0.2) is 61.1 Å². The van der Waals surface area contributed by atoms with Crippen LogP contribution in [0.25, 0.3) is 27.6 Å². The molecular formula is C15H10N4. The lowest BCUT2D eigenvalue weighted by Gasteiger charge is -2.06. The van der Waals surface area contributed by atoms with Crippen LogP contribution in [-0.4, -0.2) is 19.7 Å². The number of para-hydroxylation sites is 2. The van der Waals surface area contributed by atoms with Crippen molar-refractivity contribution in [2.75, 3.05) is 0 Å². The highest BCUT2D eigenvalue weighted by atomic mass is 15.1. The van der Waals surface area contributed by atoms with Gasteiger partial charge in [-0.15, -0.1) is 0 Å². The number of hydrogen-bond donors (Lipinski definition) is 0. The molecule has 0 aliphatic rings. The van der Waals surface area contributed by atoms with Crippen LogP contribution in [0.2, 0.25) is 0 Å². The Morgan fingerprint density at radius 3 is 2.58 bits per heavy atom. The van der Waals surface area contributed by atoms with Gasteiger partial charge in [-0.2, -0.15) is 10.2 Å². The predicted molar refractivity (Wildman–Crippen MR) is 74.2 cm³/mol. The Bertz CT molecular complexity index is 874. The summed E-state index contributed by atoms with van der Waals surface area (Å²) in [6.45, 7) is 0. The van der Waals surface area contributed by atoms with E-state index in [1.54, 1.807) is 6.20 Å². The lowest BCUT2D eigenvalue weighted by atomic mass is 10.2. The second-order valence-corrected chi connectivity index (χ2v) is 4.35. The number of aromatic nitrogens is 4. The third-order valence-corrected chi connectivity index (χ3v) is 3.24. The minimum atomic E-state index is 0.887. The average molecular weight is 246 g/mol. The molecule has 4 nitrogen and oxygen atoms in total. The molecule has 19 heavy (non-hydrogen) atoms. The molecule has 4 aromatic rings. The molecule has 2 aromatic carbocycles. The van der Waals surface area contributed by atoms with Crippen molar-refractivity contribution in [1.29, 1.82) is 0 Å². The SMILES string of the molecule is c1ccc2c(-n3cnc4ccccc43)cnnc2c1. The summed E-state index contributed by atoms with van der Waals surface area (Å²) in [5, 5.41) is 9.30. The molecular weight excluding hydrogens is 236 g/mol. The summed E-state index contributed by atoms with van der Waals surface area (Å²) in [4.78, 5) is 4.42. The van der Waals surface area contributed by atoms with Gasteiger partial charge in [-0.1, -0.05) is 30.3 Å². The Kier molecular flexibility index (Phi) is 2.08. The van der Waals surface area contributed by atoms with Gasteiger partial charge >= 0.3 is 0 Å². The van der Waals surface area contributed by atoms with Gasteiger partial charge in [0.25, 0.3) is 0 Å². The molecule has 0 saturated heterocycles. The normalized spacial score (nSPS) is 11.2. The van der Waals surface area contributed by atoms with Crippen LogP contribution in [0, 0.1) is 0 Å².